The Morgan fingerprint density at radius 1 is 1.28 bits per heavy atom. The Kier molecular flexibility index (Phi) is 7.94. The summed E-state index contributed by atoms with van der Waals surface area (Å²) in [6.07, 6.45) is 5.53. The van der Waals surface area contributed by atoms with Gasteiger partial charge in [-0.05, 0) is 62.9 Å². The summed E-state index contributed by atoms with van der Waals surface area (Å²) in [4.78, 5) is 0. The lowest BCUT2D eigenvalue weighted by Gasteiger charge is -2.10. The Labute approximate surface area is 116 Å². The Bertz CT molecular complexity index is 313. The normalized spacial score (nSPS) is 12.4. The number of hydrogen-bond donors (Lipinski definition) is 1. The minimum Gasteiger partial charge on any atom is -0.494 e. The van der Waals surface area contributed by atoms with Gasteiger partial charge in [0.1, 0.15) is 5.75 Å². The van der Waals surface area contributed by atoms with Gasteiger partial charge in [0, 0.05) is 6.04 Å². The lowest BCUT2D eigenvalue weighted by atomic mass is 10.1. The molecule has 0 saturated heterocycles. The summed E-state index contributed by atoms with van der Waals surface area (Å²) in [5.41, 5.74) is 1.38. The third-order valence-electron chi connectivity index (χ3n) is 3.04. The average Bonchev–Trinajstić information content (AvgIpc) is 2.42. The highest BCUT2D eigenvalue weighted by atomic mass is 32.2. The number of thioether (sulfide) groups is 1. The van der Waals surface area contributed by atoms with Crippen molar-refractivity contribution < 1.29 is 4.74 Å². The van der Waals surface area contributed by atoms with Crippen LogP contribution in [0.3, 0.4) is 0 Å². The van der Waals surface area contributed by atoms with Crippen LogP contribution in [-0.2, 0) is 6.42 Å². The molecule has 1 atom stereocenters. The molecule has 1 N–H and O–H groups in total. The second kappa shape index (κ2) is 9.29. The third-order valence-corrected chi connectivity index (χ3v) is 3.74. The number of ether oxygens (including phenoxy) is 1. The van der Waals surface area contributed by atoms with Gasteiger partial charge in [0.2, 0.25) is 0 Å². The van der Waals surface area contributed by atoms with Gasteiger partial charge in [-0.1, -0.05) is 12.1 Å². The SMILES string of the molecule is CNC(C)CCc1ccc(OCCCSC)cc1. The number of nitrogens with one attached hydrogen (secondary N) is 1. The van der Waals surface area contributed by atoms with Crippen molar-refractivity contribution in [2.75, 3.05) is 25.7 Å². The fourth-order valence-corrected chi connectivity index (χ4v) is 2.08. The lowest BCUT2D eigenvalue weighted by Crippen LogP contribution is -2.21. The smallest absolute Gasteiger partial charge is 0.119 e. The minimum absolute atomic E-state index is 0.576. The van der Waals surface area contributed by atoms with Crippen molar-refractivity contribution in [3.63, 3.8) is 0 Å². The summed E-state index contributed by atoms with van der Waals surface area (Å²) in [7, 11) is 2.01. The van der Waals surface area contributed by atoms with E-state index in [2.05, 4.69) is 42.8 Å². The van der Waals surface area contributed by atoms with Crippen LogP contribution < -0.4 is 10.1 Å². The van der Waals surface area contributed by atoms with Crippen LogP contribution in [0.4, 0.5) is 0 Å². The molecule has 0 aromatic heterocycles. The predicted molar refractivity (Wildman–Crippen MR) is 81.8 cm³/mol. The van der Waals surface area contributed by atoms with Crippen molar-refractivity contribution >= 4 is 11.8 Å². The molecule has 102 valence electrons. The van der Waals surface area contributed by atoms with Gasteiger partial charge >= 0.3 is 0 Å². The first-order chi connectivity index (χ1) is 8.76. The molecule has 3 heteroatoms. The number of aryl methyl sites for hydroxylation is 1. The molecule has 2 nitrogen and oxygen atoms in total. The van der Waals surface area contributed by atoms with Crippen LogP contribution in [0.1, 0.15) is 25.3 Å². The molecule has 18 heavy (non-hydrogen) atoms. The summed E-state index contributed by atoms with van der Waals surface area (Å²) < 4.78 is 5.68. The Morgan fingerprint density at radius 2 is 2.00 bits per heavy atom. The molecule has 0 bridgehead atoms. The Hall–Kier alpha value is -0.670. The van der Waals surface area contributed by atoms with Crippen molar-refractivity contribution in [1.82, 2.24) is 5.32 Å². The van der Waals surface area contributed by atoms with Crippen molar-refractivity contribution in [2.45, 2.75) is 32.2 Å². The molecule has 0 fully saturated rings. The molecule has 1 aromatic carbocycles. The average molecular weight is 267 g/mol. The molecule has 1 unspecified atom stereocenters. The molecule has 1 aromatic rings. The third kappa shape index (κ3) is 6.31. The Morgan fingerprint density at radius 3 is 2.61 bits per heavy atom. The number of rotatable bonds is 9. The zero-order chi connectivity index (χ0) is 13.2. The van der Waals surface area contributed by atoms with Crippen LogP contribution in [0.2, 0.25) is 0 Å². The second-order valence-corrected chi connectivity index (χ2v) is 5.55. The predicted octanol–water partition coefficient (Wildman–Crippen LogP) is 3.36. The fourth-order valence-electron chi connectivity index (χ4n) is 1.67. The first-order valence-corrected chi connectivity index (χ1v) is 8.03. The van der Waals surface area contributed by atoms with E-state index < -0.39 is 0 Å². The number of hydrogen-bond acceptors (Lipinski definition) is 3. The van der Waals surface area contributed by atoms with Gasteiger partial charge in [-0.25, -0.2) is 0 Å². The molecular formula is C15H25NOS. The summed E-state index contributed by atoms with van der Waals surface area (Å²) in [6.45, 7) is 3.03. The molecule has 0 spiro atoms. The second-order valence-electron chi connectivity index (χ2n) is 4.57. The van der Waals surface area contributed by atoms with Crippen molar-refractivity contribution in [2.24, 2.45) is 0 Å². The lowest BCUT2D eigenvalue weighted by molar-refractivity contribution is 0.318. The quantitative estimate of drug-likeness (QED) is 0.693. The van der Waals surface area contributed by atoms with Crippen LogP contribution in [-0.4, -0.2) is 31.7 Å². The maximum atomic E-state index is 5.68. The van der Waals surface area contributed by atoms with Crippen LogP contribution in [0.5, 0.6) is 5.75 Å². The van der Waals surface area contributed by atoms with Crippen LogP contribution >= 0.6 is 11.8 Å². The van der Waals surface area contributed by atoms with E-state index in [0.717, 1.165) is 25.2 Å². The maximum absolute atomic E-state index is 5.68. The van der Waals surface area contributed by atoms with E-state index in [1.807, 2.05) is 18.8 Å². The molecule has 0 radical (unpaired) electrons. The summed E-state index contributed by atoms with van der Waals surface area (Å²) >= 11 is 1.86. The van der Waals surface area contributed by atoms with E-state index in [0.29, 0.717) is 6.04 Å². The minimum atomic E-state index is 0.576. The van der Waals surface area contributed by atoms with Gasteiger partial charge in [-0.3, -0.25) is 0 Å². The highest BCUT2D eigenvalue weighted by Crippen LogP contribution is 2.14. The first kappa shape index (κ1) is 15.4. The summed E-state index contributed by atoms with van der Waals surface area (Å²) in [5.74, 6) is 2.15. The van der Waals surface area contributed by atoms with Crippen LogP contribution in [0.25, 0.3) is 0 Å². The summed E-state index contributed by atoms with van der Waals surface area (Å²) in [6, 6.07) is 9.09. The van der Waals surface area contributed by atoms with E-state index in [4.69, 9.17) is 4.74 Å². The number of benzene rings is 1. The molecule has 0 aliphatic carbocycles. The van der Waals surface area contributed by atoms with Gasteiger partial charge in [-0.2, -0.15) is 11.8 Å². The molecule has 0 saturated carbocycles. The van der Waals surface area contributed by atoms with Crippen LogP contribution in [0, 0.1) is 0 Å². The van der Waals surface area contributed by atoms with Crippen molar-refractivity contribution in [1.29, 1.82) is 0 Å². The molecule has 0 heterocycles. The van der Waals surface area contributed by atoms with Gasteiger partial charge in [0.15, 0.2) is 0 Å². The van der Waals surface area contributed by atoms with E-state index >= 15 is 0 Å². The van der Waals surface area contributed by atoms with E-state index in [1.165, 1.54) is 17.7 Å². The maximum Gasteiger partial charge on any atom is 0.119 e. The van der Waals surface area contributed by atoms with Crippen LogP contribution in [0.15, 0.2) is 24.3 Å². The molecular weight excluding hydrogens is 242 g/mol. The van der Waals surface area contributed by atoms with E-state index in [9.17, 15) is 0 Å². The summed E-state index contributed by atoms with van der Waals surface area (Å²) in [5, 5.41) is 3.26. The van der Waals surface area contributed by atoms with E-state index in [1.54, 1.807) is 0 Å². The van der Waals surface area contributed by atoms with Gasteiger partial charge in [0.25, 0.3) is 0 Å². The molecule has 0 aliphatic rings. The zero-order valence-electron chi connectivity index (χ0n) is 11.7. The Balaban J connectivity index is 2.28. The van der Waals surface area contributed by atoms with E-state index in [-0.39, 0.29) is 0 Å². The standard InChI is InChI=1S/C15H25NOS/c1-13(16-2)5-6-14-7-9-15(10-8-14)17-11-4-12-18-3/h7-10,13,16H,4-6,11-12H2,1-3H3. The highest BCUT2D eigenvalue weighted by Gasteiger charge is 2.00. The monoisotopic (exact) mass is 267 g/mol. The fraction of sp³-hybridized carbons (Fsp3) is 0.600. The van der Waals surface area contributed by atoms with Crippen molar-refractivity contribution in [3.05, 3.63) is 29.8 Å². The van der Waals surface area contributed by atoms with Crippen molar-refractivity contribution in [3.8, 4) is 5.75 Å². The zero-order valence-corrected chi connectivity index (χ0v) is 12.6. The molecule has 0 amide bonds. The van der Waals surface area contributed by atoms with Gasteiger partial charge in [-0.15, -0.1) is 0 Å². The molecule has 0 aliphatic heterocycles. The highest BCUT2D eigenvalue weighted by molar-refractivity contribution is 7.98. The largest absolute Gasteiger partial charge is 0.494 e. The van der Waals surface area contributed by atoms with Gasteiger partial charge in [0.05, 0.1) is 6.61 Å². The van der Waals surface area contributed by atoms with Gasteiger partial charge < -0.3 is 10.1 Å². The topological polar surface area (TPSA) is 21.3 Å². The molecule has 1 rings (SSSR count). The first-order valence-electron chi connectivity index (χ1n) is 6.64.